The molecule has 0 aromatic rings. The average Bonchev–Trinajstić information content (AvgIpc) is 2.71. The van der Waals surface area contributed by atoms with Crippen LogP contribution >= 0.6 is 0 Å². The van der Waals surface area contributed by atoms with E-state index in [4.69, 9.17) is 0 Å². The van der Waals surface area contributed by atoms with Crippen molar-refractivity contribution < 1.29 is 9.90 Å². The number of carboxylic acid groups (broad SMARTS) is 1. The molecule has 2 atom stereocenters. The van der Waals surface area contributed by atoms with Gasteiger partial charge in [-0.15, -0.1) is 0 Å². The highest BCUT2D eigenvalue weighted by atomic mass is 16.4. The molecule has 2 rings (SSSR count). The third kappa shape index (κ3) is 2.55. The van der Waals surface area contributed by atoms with Gasteiger partial charge >= 0.3 is 5.97 Å². The maximum absolute atomic E-state index is 12.2. The number of hydrogen-bond donors (Lipinski definition) is 1. The largest absolute Gasteiger partial charge is 0.481 e. The van der Waals surface area contributed by atoms with Gasteiger partial charge in [0.25, 0.3) is 0 Å². The first-order valence-corrected chi connectivity index (χ1v) is 8.26. The molecule has 0 bridgehead atoms. The number of aliphatic carboxylic acids is 1. The van der Waals surface area contributed by atoms with Crippen LogP contribution in [0, 0.1) is 16.7 Å². The standard InChI is InChI=1S/C17H30O2/c1-14-10-6-5-7-11-16(14,2)17(15(18)19)12-8-3-4-9-13-17/h14H,3-13H2,1-2H3,(H,18,19). The molecule has 110 valence electrons. The van der Waals surface area contributed by atoms with Crippen molar-refractivity contribution in [2.45, 2.75) is 84.5 Å². The van der Waals surface area contributed by atoms with Crippen molar-refractivity contribution >= 4 is 5.97 Å². The van der Waals surface area contributed by atoms with Crippen LogP contribution in [0.3, 0.4) is 0 Å². The van der Waals surface area contributed by atoms with E-state index in [9.17, 15) is 9.90 Å². The Morgan fingerprint density at radius 3 is 2.05 bits per heavy atom. The molecule has 2 fully saturated rings. The van der Waals surface area contributed by atoms with Gasteiger partial charge in [0, 0.05) is 0 Å². The zero-order valence-electron chi connectivity index (χ0n) is 12.7. The summed E-state index contributed by atoms with van der Waals surface area (Å²) in [6.07, 6.45) is 12.6. The van der Waals surface area contributed by atoms with E-state index in [1.165, 1.54) is 38.5 Å². The van der Waals surface area contributed by atoms with Crippen LogP contribution in [0.25, 0.3) is 0 Å². The predicted octanol–water partition coefficient (Wildman–Crippen LogP) is 5.02. The highest BCUT2D eigenvalue weighted by Crippen LogP contribution is 2.57. The van der Waals surface area contributed by atoms with Gasteiger partial charge in [-0.25, -0.2) is 0 Å². The number of carbonyl (C=O) groups is 1. The van der Waals surface area contributed by atoms with Gasteiger partial charge in [-0.05, 0) is 30.6 Å². The zero-order chi connectivity index (χ0) is 13.9. The molecular formula is C17H30O2. The normalized spacial score (nSPS) is 36.2. The van der Waals surface area contributed by atoms with Gasteiger partial charge in [-0.1, -0.05) is 65.2 Å². The van der Waals surface area contributed by atoms with E-state index < -0.39 is 11.4 Å². The molecule has 2 aliphatic rings. The van der Waals surface area contributed by atoms with E-state index in [1.54, 1.807) is 0 Å². The maximum Gasteiger partial charge on any atom is 0.310 e. The average molecular weight is 266 g/mol. The first-order chi connectivity index (χ1) is 9.03. The summed E-state index contributed by atoms with van der Waals surface area (Å²) < 4.78 is 0. The Morgan fingerprint density at radius 2 is 1.47 bits per heavy atom. The summed E-state index contributed by atoms with van der Waals surface area (Å²) >= 11 is 0. The molecule has 0 aliphatic heterocycles. The van der Waals surface area contributed by atoms with Crippen LogP contribution < -0.4 is 0 Å². The maximum atomic E-state index is 12.2. The van der Waals surface area contributed by atoms with E-state index in [2.05, 4.69) is 13.8 Å². The van der Waals surface area contributed by atoms with E-state index in [-0.39, 0.29) is 5.41 Å². The summed E-state index contributed by atoms with van der Waals surface area (Å²) in [7, 11) is 0. The minimum absolute atomic E-state index is 0.000324. The lowest BCUT2D eigenvalue weighted by molar-refractivity contribution is -0.164. The van der Waals surface area contributed by atoms with E-state index in [1.807, 2.05) is 0 Å². The van der Waals surface area contributed by atoms with Crippen LogP contribution in [0.15, 0.2) is 0 Å². The number of carboxylic acids is 1. The molecule has 19 heavy (non-hydrogen) atoms. The first kappa shape index (κ1) is 14.9. The topological polar surface area (TPSA) is 37.3 Å². The summed E-state index contributed by atoms with van der Waals surface area (Å²) in [6, 6.07) is 0. The summed E-state index contributed by atoms with van der Waals surface area (Å²) in [6.45, 7) is 4.60. The summed E-state index contributed by atoms with van der Waals surface area (Å²) in [5, 5.41) is 10.0. The third-order valence-electron chi connectivity index (χ3n) is 6.38. The predicted molar refractivity (Wildman–Crippen MR) is 78.1 cm³/mol. The fraction of sp³-hybridized carbons (Fsp3) is 0.941. The Labute approximate surface area is 118 Å². The Hall–Kier alpha value is -0.530. The fourth-order valence-corrected chi connectivity index (χ4v) is 4.76. The lowest BCUT2D eigenvalue weighted by Crippen LogP contribution is -2.49. The van der Waals surface area contributed by atoms with Crippen molar-refractivity contribution in [2.75, 3.05) is 0 Å². The van der Waals surface area contributed by atoms with E-state index in [0.717, 1.165) is 32.1 Å². The molecule has 0 aromatic heterocycles. The molecule has 2 heteroatoms. The molecule has 0 radical (unpaired) electrons. The monoisotopic (exact) mass is 266 g/mol. The lowest BCUT2D eigenvalue weighted by atomic mass is 9.54. The molecule has 0 heterocycles. The van der Waals surface area contributed by atoms with Crippen molar-refractivity contribution in [2.24, 2.45) is 16.7 Å². The molecule has 2 aliphatic carbocycles. The quantitative estimate of drug-likeness (QED) is 0.713. The second kappa shape index (κ2) is 5.85. The van der Waals surface area contributed by atoms with Crippen LogP contribution in [0.1, 0.15) is 84.5 Å². The Balaban J connectivity index is 2.37. The van der Waals surface area contributed by atoms with Crippen LogP contribution in [-0.2, 0) is 4.79 Å². The van der Waals surface area contributed by atoms with Gasteiger partial charge in [0.05, 0.1) is 5.41 Å². The van der Waals surface area contributed by atoms with Gasteiger partial charge in [0.15, 0.2) is 0 Å². The van der Waals surface area contributed by atoms with Crippen LogP contribution in [-0.4, -0.2) is 11.1 Å². The molecule has 0 spiro atoms. The van der Waals surface area contributed by atoms with Crippen molar-refractivity contribution in [3.05, 3.63) is 0 Å². The van der Waals surface area contributed by atoms with Crippen molar-refractivity contribution in [1.29, 1.82) is 0 Å². The summed E-state index contributed by atoms with van der Waals surface area (Å²) in [5.41, 5.74) is -0.451. The molecule has 0 aromatic carbocycles. The van der Waals surface area contributed by atoms with Gasteiger partial charge < -0.3 is 5.11 Å². The minimum Gasteiger partial charge on any atom is -0.481 e. The first-order valence-electron chi connectivity index (χ1n) is 8.26. The smallest absolute Gasteiger partial charge is 0.310 e. The third-order valence-corrected chi connectivity index (χ3v) is 6.38. The SMILES string of the molecule is CC1CCCCCC1(C)C1(C(=O)O)CCCCCC1. The number of rotatable bonds is 2. The van der Waals surface area contributed by atoms with E-state index in [0.29, 0.717) is 5.92 Å². The van der Waals surface area contributed by atoms with Crippen LogP contribution in [0.2, 0.25) is 0 Å². The fourth-order valence-electron chi connectivity index (χ4n) is 4.76. The molecule has 2 unspecified atom stereocenters. The zero-order valence-corrected chi connectivity index (χ0v) is 12.7. The van der Waals surface area contributed by atoms with Crippen molar-refractivity contribution in [3.8, 4) is 0 Å². The van der Waals surface area contributed by atoms with Gasteiger partial charge in [0.2, 0.25) is 0 Å². The van der Waals surface area contributed by atoms with Gasteiger partial charge in [-0.3, -0.25) is 4.79 Å². The van der Waals surface area contributed by atoms with Gasteiger partial charge in [0.1, 0.15) is 0 Å². The second-order valence-electron chi connectivity index (χ2n) is 7.22. The van der Waals surface area contributed by atoms with Crippen molar-refractivity contribution in [3.63, 3.8) is 0 Å². The van der Waals surface area contributed by atoms with Crippen LogP contribution in [0.5, 0.6) is 0 Å². The summed E-state index contributed by atoms with van der Waals surface area (Å²) in [4.78, 5) is 12.2. The molecule has 1 N–H and O–H groups in total. The van der Waals surface area contributed by atoms with Crippen LogP contribution in [0.4, 0.5) is 0 Å². The highest BCUT2D eigenvalue weighted by Gasteiger charge is 2.55. The molecule has 2 saturated carbocycles. The molecule has 0 saturated heterocycles. The van der Waals surface area contributed by atoms with Gasteiger partial charge in [-0.2, -0.15) is 0 Å². The number of hydrogen-bond acceptors (Lipinski definition) is 1. The minimum atomic E-state index is -0.509. The lowest BCUT2D eigenvalue weighted by Gasteiger charge is -2.49. The molecule has 0 amide bonds. The van der Waals surface area contributed by atoms with E-state index >= 15 is 0 Å². The highest BCUT2D eigenvalue weighted by molar-refractivity contribution is 5.76. The second-order valence-corrected chi connectivity index (χ2v) is 7.22. The Bertz CT molecular complexity index is 315. The van der Waals surface area contributed by atoms with Crippen molar-refractivity contribution in [1.82, 2.24) is 0 Å². The molecule has 2 nitrogen and oxygen atoms in total. The Kier molecular flexibility index (Phi) is 4.58. The Morgan fingerprint density at radius 1 is 0.947 bits per heavy atom. The summed E-state index contributed by atoms with van der Waals surface area (Å²) in [5.74, 6) is 0.0369. The molecular weight excluding hydrogens is 236 g/mol.